The average molecular weight is 283 g/mol. The van der Waals surface area contributed by atoms with Crippen molar-refractivity contribution in [1.82, 2.24) is 10.2 Å². The largest absolute Gasteiger partial charge is 0.326 e. The Morgan fingerprint density at radius 3 is 2.48 bits per heavy atom. The third kappa shape index (κ3) is 2.86. The van der Waals surface area contributed by atoms with Crippen LogP contribution in [0.5, 0.6) is 0 Å². The molecule has 5 nitrogen and oxygen atoms in total. The van der Waals surface area contributed by atoms with Gasteiger partial charge in [0.2, 0.25) is 5.91 Å². The van der Waals surface area contributed by atoms with Crippen molar-refractivity contribution in [3.8, 4) is 11.3 Å². The number of carbonyl (C=O) groups excluding carboxylic acids is 1. The number of hydrogen-bond donors (Lipinski definition) is 2. The molecule has 1 aromatic carbocycles. The van der Waals surface area contributed by atoms with Crippen molar-refractivity contribution < 1.29 is 4.79 Å². The first-order valence-electron chi connectivity index (χ1n) is 7.10. The highest BCUT2D eigenvalue weighted by atomic mass is 16.2. The molecular weight excluding hydrogens is 266 g/mol. The maximum atomic E-state index is 12.0. The summed E-state index contributed by atoms with van der Waals surface area (Å²) in [6, 6.07) is 10.6. The number of hydrogen-bond acceptors (Lipinski definition) is 3. The van der Waals surface area contributed by atoms with E-state index in [0.29, 0.717) is 11.6 Å². The van der Waals surface area contributed by atoms with Gasteiger partial charge in [-0.1, -0.05) is 19.1 Å². The Kier molecular flexibility index (Phi) is 3.56. The van der Waals surface area contributed by atoms with Crippen LogP contribution in [0, 0.1) is 11.8 Å². The molecule has 0 aliphatic heterocycles. The van der Waals surface area contributed by atoms with E-state index in [4.69, 9.17) is 0 Å². The summed E-state index contributed by atoms with van der Waals surface area (Å²) in [5.74, 6) is 0.726. The van der Waals surface area contributed by atoms with Gasteiger partial charge in [0, 0.05) is 23.2 Å². The van der Waals surface area contributed by atoms with Crippen molar-refractivity contribution in [3.05, 3.63) is 46.8 Å². The Bertz CT molecular complexity index is 686. The number of aromatic amines is 1. The normalized spacial score (nSPS) is 20.6. The van der Waals surface area contributed by atoms with E-state index in [0.717, 1.165) is 24.1 Å². The van der Waals surface area contributed by atoms with Gasteiger partial charge in [0.1, 0.15) is 0 Å². The number of nitrogens with one attached hydrogen (secondary N) is 2. The van der Waals surface area contributed by atoms with Crippen LogP contribution in [0.15, 0.2) is 41.2 Å². The molecule has 0 spiro atoms. The molecule has 1 aliphatic carbocycles. The minimum Gasteiger partial charge on any atom is -0.326 e. The van der Waals surface area contributed by atoms with Gasteiger partial charge in [-0.25, -0.2) is 5.10 Å². The van der Waals surface area contributed by atoms with E-state index in [1.165, 1.54) is 6.07 Å². The zero-order chi connectivity index (χ0) is 14.8. The SMILES string of the molecule is CC1CCC1C(=O)Nc1ccc(-c2ccc(=O)[nH]n2)cc1. The summed E-state index contributed by atoms with van der Waals surface area (Å²) in [6.45, 7) is 2.11. The molecule has 5 heteroatoms. The zero-order valence-corrected chi connectivity index (χ0v) is 11.8. The number of H-pyrrole nitrogens is 1. The van der Waals surface area contributed by atoms with Crippen LogP contribution in [0.3, 0.4) is 0 Å². The van der Waals surface area contributed by atoms with Crippen LogP contribution in [-0.4, -0.2) is 16.1 Å². The number of amides is 1. The summed E-state index contributed by atoms with van der Waals surface area (Å²) in [4.78, 5) is 23.0. The van der Waals surface area contributed by atoms with Gasteiger partial charge in [-0.15, -0.1) is 0 Å². The molecule has 0 bridgehead atoms. The zero-order valence-electron chi connectivity index (χ0n) is 11.8. The highest BCUT2D eigenvalue weighted by Gasteiger charge is 2.32. The summed E-state index contributed by atoms with van der Waals surface area (Å²) in [6.07, 6.45) is 2.11. The maximum absolute atomic E-state index is 12.0. The molecule has 2 unspecified atom stereocenters. The molecule has 108 valence electrons. The van der Waals surface area contributed by atoms with Crippen molar-refractivity contribution in [3.63, 3.8) is 0 Å². The van der Waals surface area contributed by atoms with E-state index in [2.05, 4.69) is 22.4 Å². The van der Waals surface area contributed by atoms with Gasteiger partial charge in [0.15, 0.2) is 0 Å². The highest BCUT2D eigenvalue weighted by Crippen LogP contribution is 2.34. The monoisotopic (exact) mass is 283 g/mol. The lowest BCUT2D eigenvalue weighted by Gasteiger charge is -2.32. The third-order valence-corrected chi connectivity index (χ3v) is 4.08. The standard InChI is InChI=1S/C16H17N3O2/c1-10-2-7-13(10)16(21)17-12-5-3-11(4-6-12)14-8-9-15(20)19-18-14/h3-6,8-10,13H,2,7H2,1H3,(H,17,21)(H,19,20). The molecule has 1 amide bonds. The Morgan fingerprint density at radius 2 is 1.95 bits per heavy atom. The molecule has 2 aromatic rings. The summed E-state index contributed by atoms with van der Waals surface area (Å²) >= 11 is 0. The number of benzene rings is 1. The summed E-state index contributed by atoms with van der Waals surface area (Å²) in [7, 11) is 0. The van der Waals surface area contributed by atoms with E-state index < -0.39 is 0 Å². The van der Waals surface area contributed by atoms with Gasteiger partial charge < -0.3 is 5.32 Å². The van der Waals surface area contributed by atoms with Crippen molar-refractivity contribution >= 4 is 11.6 Å². The van der Waals surface area contributed by atoms with Gasteiger partial charge in [-0.2, -0.15) is 5.10 Å². The minimum atomic E-state index is -0.225. The van der Waals surface area contributed by atoms with Gasteiger partial charge in [0.25, 0.3) is 5.56 Å². The van der Waals surface area contributed by atoms with Crippen molar-refractivity contribution in [2.45, 2.75) is 19.8 Å². The van der Waals surface area contributed by atoms with Crippen LogP contribution < -0.4 is 10.9 Å². The van der Waals surface area contributed by atoms with Crippen LogP contribution in [0.4, 0.5) is 5.69 Å². The number of rotatable bonds is 3. The number of anilines is 1. The van der Waals surface area contributed by atoms with E-state index in [1.54, 1.807) is 6.07 Å². The molecule has 0 radical (unpaired) electrons. The predicted molar refractivity (Wildman–Crippen MR) is 80.8 cm³/mol. The lowest BCUT2D eigenvalue weighted by atomic mass is 9.74. The molecule has 1 fully saturated rings. The second-order valence-electron chi connectivity index (χ2n) is 5.53. The van der Waals surface area contributed by atoms with Gasteiger partial charge in [-0.05, 0) is 37.0 Å². The molecular formula is C16H17N3O2. The van der Waals surface area contributed by atoms with Crippen LogP contribution in [0.2, 0.25) is 0 Å². The lowest BCUT2D eigenvalue weighted by Crippen LogP contribution is -2.35. The Balaban J connectivity index is 1.70. The highest BCUT2D eigenvalue weighted by molar-refractivity contribution is 5.93. The van der Waals surface area contributed by atoms with Gasteiger partial charge >= 0.3 is 0 Å². The van der Waals surface area contributed by atoms with Gasteiger partial charge in [0.05, 0.1) is 5.69 Å². The fraction of sp³-hybridized carbons (Fsp3) is 0.312. The minimum absolute atomic E-state index is 0.101. The fourth-order valence-corrected chi connectivity index (χ4v) is 2.52. The second kappa shape index (κ2) is 5.52. The average Bonchev–Trinajstić information content (AvgIpc) is 2.47. The van der Waals surface area contributed by atoms with Crippen LogP contribution in [0.1, 0.15) is 19.8 Å². The van der Waals surface area contributed by atoms with Crippen molar-refractivity contribution in [2.24, 2.45) is 11.8 Å². The number of carbonyl (C=O) groups is 1. The molecule has 21 heavy (non-hydrogen) atoms. The van der Waals surface area contributed by atoms with E-state index in [-0.39, 0.29) is 17.4 Å². The predicted octanol–water partition coefficient (Wildman–Crippen LogP) is 2.42. The fourth-order valence-electron chi connectivity index (χ4n) is 2.52. The number of aromatic nitrogens is 2. The molecule has 1 saturated carbocycles. The van der Waals surface area contributed by atoms with E-state index >= 15 is 0 Å². The molecule has 2 atom stereocenters. The van der Waals surface area contributed by atoms with E-state index in [1.807, 2.05) is 24.3 Å². The second-order valence-corrected chi connectivity index (χ2v) is 5.53. The van der Waals surface area contributed by atoms with Crippen molar-refractivity contribution in [1.29, 1.82) is 0 Å². The smallest absolute Gasteiger partial charge is 0.264 e. The Hall–Kier alpha value is -2.43. The first-order chi connectivity index (χ1) is 10.1. The first kappa shape index (κ1) is 13.5. The molecule has 1 aliphatic rings. The Morgan fingerprint density at radius 1 is 1.19 bits per heavy atom. The third-order valence-electron chi connectivity index (χ3n) is 4.08. The van der Waals surface area contributed by atoms with Crippen LogP contribution in [-0.2, 0) is 4.79 Å². The summed E-state index contributed by atoms with van der Waals surface area (Å²) in [5.41, 5.74) is 2.14. The molecule has 3 rings (SSSR count). The van der Waals surface area contributed by atoms with Crippen LogP contribution >= 0.6 is 0 Å². The quantitative estimate of drug-likeness (QED) is 0.908. The molecule has 0 saturated heterocycles. The summed E-state index contributed by atoms with van der Waals surface area (Å²) in [5, 5.41) is 9.32. The van der Waals surface area contributed by atoms with Gasteiger partial charge in [-0.3, -0.25) is 9.59 Å². The first-order valence-corrected chi connectivity index (χ1v) is 7.10. The summed E-state index contributed by atoms with van der Waals surface area (Å²) < 4.78 is 0. The number of nitrogens with zero attached hydrogens (tertiary/aromatic N) is 1. The van der Waals surface area contributed by atoms with Crippen molar-refractivity contribution in [2.75, 3.05) is 5.32 Å². The Labute approximate surface area is 122 Å². The molecule has 1 aromatic heterocycles. The van der Waals surface area contributed by atoms with E-state index in [9.17, 15) is 9.59 Å². The lowest BCUT2D eigenvalue weighted by molar-refractivity contribution is -0.124. The maximum Gasteiger partial charge on any atom is 0.264 e. The van der Waals surface area contributed by atoms with Crippen LogP contribution in [0.25, 0.3) is 11.3 Å². The molecule has 2 N–H and O–H groups in total. The topological polar surface area (TPSA) is 74.8 Å². The molecule has 1 heterocycles.